The lowest BCUT2D eigenvalue weighted by molar-refractivity contribution is -0.207. The van der Waals surface area contributed by atoms with Crippen LogP contribution in [0.15, 0.2) is 60.9 Å². The zero-order chi connectivity index (χ0) is 29.0. The van der Waals surface area contributed by atoms with E-state index < -0.39 is 25.0 Å². The molecule has 1 aliphatic heterocycles. The van der Waals surface area contributed by atoms with Crippen molar-refractivity contribution in [2.24, 2.45) is 0 Å². The number of aromatic nitrogens is 3. The van der Waals surface area contributed by atoms with E-state index >= 15 is 0 Å². The molecule has 0 saturated carbocycles. The minimum absolute atomic E-state index is 0.143. The van der Waals surface area contributed by atoms with Crippen molar-refractivity contribution in [1.29, 1.82) is 0 Å². The van der Waals surface area contributed by atoms with Gasteiger partial charge in [-0.25, -0.2) is 19.3 Å². The fraction of sp³-hybridized carbons (Fsp3) is 0.345. The number of rotatable bonds is 9. The maximum absolute atomic E-state index is 13.8. The van der Waals surface area contributed by atoms with Gasteiger partial charge in [-0.05, 0) is 36.8 Å². The summed E-state index contributed by atoms with van der Waals surface area (Å²) in [5.74, 6) is 1.18. The second-order valence-electron chi connectivity index (χ2n) is 9.82. The molecule has 0 aliphatic carbocycles. The number of hydrogen-bond donors (Lipinski definition) is 3. The molecular weight excluding hydrogens is 540 g/mol. The minimum Gasteiger partial charge on any atom is -0.437 e. The summed E-state index contributed by atoms with van der Waals surface area (Å²) in [6.45, 7) is 2.38. The number of pyridine rings is 1. The Balaban J connectivity index is 1.43. The van der Waals surface area contributed by atoms with E-state index in [-0.39, 0.29) is 6.04 Å². The second kappa shape index (κ2) is 12.2. The van der Waals surface area contributed by atoms with Gasteiger partial charge in [0.2, 0.25) is 11.8 Å². The van der Waals surface area contributed by atoms with Gasteiger partial charge < -0.3 is 25.4 Å². The Hall–Kier alpha value is -4.03. The summed E-state index contributed by atoms with van der Waals surface area (Å²) in [6.07, 6.45) is -3.81. The summed E-state index contributed by atoms with van der Waals surface area (Å²) < 4.78 is 64.5. The maximum Gasteiger partial charge on any atom is 0.416 e. The van der Waals surface area contributed by atoms with Gasteiger partial charge in [0.25, 0.3) is 0 Å². The molecule has 4 aromatic rings. The molecule has 1 aliphatic rings. The summed E-state index contributed by atoms with van der Waals surface area (Å²) in [6, 6.07) is 14.1. The van der Waals surface area contributed by atoms with Crippen molar-refractivity contribution in [3.63, 3.8) is 0 Å². The van der Waals surface area contributed by atoms with Crippen molar-refractivity contribution in [2.75, 3.05) is 37.4 Å². The standard InChI is InChI=1S/C29H30F4N6O2/c1-17-8-9-20-21(5-3-7-23(20)37-16-25(40-2)29(31,32)33)26(17)41-27-22(6-4-11-35-27)24-10-12-36-28(39-24)38-19-13-18(30)14-34-15-19/h3-12,18-19,25,34,37H,13-16H2,1-2H3,(H,36,38,39)/t18-,19-,25?/m0/s1. The van der Waals surface area contributed by atoms with Gasteiger partial charge in [0.1, 0.15) is 11.9 Å². The fourth-order valence-electron chi connectivity index (χ4n) is 4.79. The third-order valence-corrected chi connectivity index (χ3v) is 6.87. The Bertz CT molecular complexity index is 1500. The highest BCUT2D eigenvalue weighted by Gasteiger charge is 2.39. The van der Waals surface area contributed by atoms with E-state index in [4.69, 9.17) is 4.74 Å². The van der Waals surface area contributed by atoms with Crippen LogP contribution >= 0.6 is 0 Å². The molecular formula is C29H30F4N6O2. The van der Waals surface area contributed by atoms with E-state index in [0.29, 0.717) is 64.8 Å². The van der Waals surface area contributed by atoms with Gasteiger partial charge in [-0.3, -0.25) is 0 Å². The van der Waals surface area contributed by atoms with Crippen molar-refractivity contribution in [1.82, 2.24) is 20.3 Å². The molecule has 12 heteroatoms. The third-order valence-electron chi connectivity index (χ3n) is 6.87. The lowest BCUT2D eigenvalue weighted by atomic mass is 10.0. The minimum atomic E-state index is -4.49. The summed E-state index contributed by atoms with van der Waals surface area (Å²) in [4.78, 5) is 13.4. The van der Waals surface area contributed by atoms with E-state index in [2.05, 4.69) is 35.6 Å². The molecule has 1 unspecified atom stereocenters. The topological polar surface area (TPSA) is 93.2 Å². The highest BCUT2D eigenvalue weighted by Crippen LogP contribution is 2.38. The van der Waals surface area contributed by atoms with Crippen LogP contribution in [0.25, 0.3) is 22.0 Å². The number of ether oxygens (including phenoxy) is 2. The monoisotopic (exact) mass is 570 g/mol. The molecule has 3 heterocycles. The molecule has 3 atom stereocenters. The first-order valence-electron chi connectivity index (χ1n) is 13.2. The Kier molecular flexibility index (Phi) is 8.50. The quantitative estimate of drug-likeness (QED) is 0.215. The first kappa shape index (κ1) is 28.5. The number of nitrogens with one attached hydrogen (secondary N) is 3. The van der Waals surface area contributed by atoms with Gasteiger partial charge in [-0.1, -0.05) is 24.3 Å². The number of anilines is 2. The Morgan fingerprint density at radius 2 is 1.88 bits per heavy atom. The lowest BCUT2D eigenvalue weighted by Crippen LogP contribution is -2.44. The Morgan fingerprint density at radius 1 is 1.02 bits per heavy atom. The normalized spacial score (nSPS) is 18.2. The number of piperidine rings is 1. The highest BCUT2D eigenvalue weighted by atomic mass is 19.4. The molecule has 1 fully saturated rings. The van der Waals surface area contributed by atoms with Crippen LogP contribution in [0.3, 0.4) is 0 Å². The number of benzene rings is 2. The molecule has 5 rings (SSSR count). The SMILES string of the molecule is COC(CNc1cccc2c(Oc3ncccc3-c3ccnc(N[C@@H]4CNC[C@@H](F)C4)n3)c(C)ccc12)C(F)(F)F. The molecule has 1 saturated heterocycles. The van der Waals surface area contributed by atoms with Gasteiger partial charge in [-0.2, -0.15) is 13.2 Å². The van der Waals surface area contributed by atoms with Gasteiger partial charge >= 0.3 is 6.18 Å². The van der Waals surface area contributed by atoms with Crippen LogP contribution in [-0.2, 0) is 4.74 Å². The molecule has 0 amide bonds. The zero-order valence-electron chi connectivity index (χ0n) is 22.5. The van der Waals surface area contributed by atoms with Crippen molar-refractivity contribution in [3.05, 3.63) is 66.5 Å². The largest absolute Gasteiger partial charge is 0.437 e. The van der Waals surface area contributed by atoms with Crippen molar-refractivity contribution in [2.45, 2.75) is 37.8 Å². The molecule has 2 aromatic carbocycles. The number of methoxy groups -OCH3 is 1. The number of halogens is 4. The van der Waals surface area contributed by atoms with Crippen LogP contribution in [0.5, 0.6) is 11.6 Å². The Morgan fingerprint density at radius 3 is 2.66 bits per heavy atom. The average molecular weight is 571 g/mol. The number of fused-ring (bicyclic) bond motifs is 1. The highest BCUT2D eigenvalue weighted by molar-refractivity contribution is 5.98. The Labute approximate surface area is 234 Å². The molecule has 0 spiro atoms. The van der Waals surface area contributed by atoms with Crippen molar-refractivity contribution < 1.29 is 27.0 Å². The third kappa shape index (κ3) is 6.66. The summed E-state index contributed by atoms with van der Waals surface area (Å²) in [5, 5.41) is 10.5. The number of alkyl halides is 4. The smallest absolute Gasteiger partial charge is 0.416 e. The van der Waals surface area contributed by atoms with Gasteiger partial charge in [-0.15, -0.1) is 0 Å². The van der Waals surface area contributed by atoms with Crippen molar-refractivity contribution >= 4 is 22.4 Å². The van der Waals surface area contributed by atoms with Crippen LogP contribution in [0, 0.1) is 6.92 Å². The van der Waals surface area contributed by atoms with Crippen LogP contribution in [0.4, 0.5) is 29.2 Å². The van der Waals surface area contributed by atoms with Crippen molar-refractivity contribution in [3.8, 4) is 22.9 Å². The van der Waals surface area contributed by atoms with Crippen LogP contribution < -0.4 is 20.7 Å². The molecule has 41 heavy (non-hydrogen) atoms. The summed E-state index contributed by atoms with van der Waals surface area (Å²) in [5.41, 5.74) is 2.50. The molecule has 8 nitrogen and oxygen atoms in total. The maximum atomic E-state index is 13.8. The molecule has 0 radical (unpaired) electrons. The van der Waals surface area contributed by atoms with Crippen LogP contribution in [0.1, 0.15) is 12.0 Å². The van der Waals surface area contributed by atoms with E-state index in [1.54, 1.807) is 36.7 Å². The summed E-state index contributed by atoms with van der Waals surface area (Å²) >= 11 is 0. The zero-order valence-corrected chi connectivity index (χ0v) is 22.5. The molecule has 2 aromatic heterocycles. The van der Waals surface area contributed by atoms with E-state index in [0.717, 1.165) is 12.7 Å². The first-order chi connectivity index (χ1) is 19.7. The second-order valence-corrected chi connectivity index (χ2v) is 9.82. The predicted octanol–water partition coefficient (Wildman–Crippen LogP) is 5.89. The average Bonchev–Trinajstić information content (AvgIpc) is 2.94. The van der Waals surface area contributed by atoms with Gasteiger partial charge in [0.15, 0.2) is 6.10 Å². The van der Waals surface area contributed by atoms with E-state index in [1.807, 2.05) is 31.2 Å². The van der Waals surface area contributed by atoms with E-state index in [1.165, 1.54) is 0 Å². The number of nitrogens with zero attached hydrogens (tertiary/aromatic N) is 3. The van der Waals surface area contributed by atoms with Gasteiger partial charge in [0.05, 0.1) is 17.8 Å². The van der Waals surface area contributed by atoms with E-state index in [9.17, 15) is 17.6 Å². The molecule has 3 N–H and O–H groups in total. The number of hydrogen-bond acceptors (Lipinski definition) is 8. The first-order valence-corrected chi connectivity index (χ1v) is 13.2. The predicted molar refractivity (Wildman–Crippen MR) is 149 cm³/mol. The molecule has 216 valence electrons. The summed E-state index contributed by atoms with van der Waals surface area (Å²) in [7, 11) is 1.03. The fourth-order valence-corrected chi connectivity index (χ4v) is 4.79. The number of aryl methyl sites for hydroxylation is 1. The van der Waals surface area contributed by atoms with Crippen LogP contribution in [0.2, 0.25) is 0 Å². The van der Waals surface area contributed by atoms with Gasteiger partial charge in [0, 0.05) is 61.5 Å². The van der Waals surface area contributed by atoms with Crippen LogP contribution in [-0.4, -0.2) is 66.2 Å². The lowest BCUT2D eigenvalue weighted by Gasteiger charge is -2.26. The molecule has 0 bridgehead atoms.